The minimum absolute atomic E-state index is 0.0833. The number of carbonyl (C=O) groups is 1. The van der Waals surface area contributed by atoms with Gasteiger partial charge in [0.1, 0.15) is 0 Å². The summed E-state index contributed by atoms with van der Waals surface area (Å²) < 4.78 is 0. The van der Waals surface area contributed by atoms with Crippen molar-refractivity contribution in [3.05, 3.63) is 34.9 Å². The van der Waals surface area contributed by atoms with Crippen molar-refractivity contribution in [2.24, 2.45) is 5.41 Å². The van der Waals surface area contributed by atoms with Gasteiger partial charge in [-0.2, -0.15) is 12.6 Å². The Kier molecular flexibility index (Phi) is 4.96. The zero-order valence-electron chi connectivity index (χ0n) is 13.3. The molecule has 2 aliphatic carbocycles. The molecule has 0 saturated heterocycles. The summed E-state index contributed by atoms with van der Waals surface area (Å²) in [6, 6.07) is 6.99. The van der Waals surface area contributed by atoms with E-state index in [1.165, 1.54) is 11.1 Å². The van der Waals surface area contributed by atoms with E-state index < -0.39 is 5.97 Å². The highest BCUT2D eigenvalue weighted by atomic mass is 32.1. The number of rotatable bonds is 1. The second-order valence-electron chi connectivity index (χ2n) is 7.45. The van der Waals surface area contributed by atoms with Crippen LogP contribution in [0.4, 0.5) is 0 Å². The lowest BCUT2D eigenvalue weighted by Gasteiger charge is -2.42. The normalized spacial score (nSPS) is 16.9. The zero-order chi connectivity index (χ0) is 15.7. The predicted molar refractivity (Wildman–Crippen MR) is 87.9 cm³/mol. The maximum atomic E-state index is 9.29. The molecule has 1 unspecified atom stereocenters. The SMILES string of the molecule is CC(C)(C)c1ccc2cc1C2C(C)(C)C.O=C(O)CS. The number of hydrogen-bond donors (Lipinski definition) is 2. The van der Waals surface area contributed by atoms with Crippen molar-refractivity contribution in [1.82, 2.24) is 0 Å². The summed E-state index contributed by atoms with van der Waals surface area (Å²) in [4.78, 5) is 9.29. The van der Waals surface area contributed by atoms with E-state index in [0.717, 1.165) is 0 Å². The Morgan fingerprint density at radius 2 is 1.70 bits per heavy atom. The summed E-state index contributed by atoms with van der Waals surface area (Å²) in [5, 5.41) is 7.65. The number of aliphatic carboxylic acids is 1. The molecule has 2 bridgehead atoms. The summed E-state index contributed by atoms with van der Waals surface area (Å²) in [6.07, 6.45) is 0. The van der Waals surface area contributed by atoms with Gasteiger partial charge in [0.05, 0.1) is 5.75 Å². The summed E-state index contributed by atoms with van der Waals surface area (Å²) in [5.74, 6) is -0.301. The Morgan fingerprint density at radius 1 is 1.20 bits per heavy atom. The lowest BCUT2D eigenvalue weighted by molar-refractivity contribution is -0.133. The molecule has 0 radical (unpaired) electrons. The second kappa shape index (κ2) is 5.80. The Morgan fingerprint density at radius 3 is 2.00 bits per heavy atom. The molecule has 0 saturated carbocycles. The number of carboxylic acids is 1. The van der Waals surface area contributed by atoms with Crippen LogP contribution in [0, 0.1) is 5.41 Å². The minimum Gasteiger partial charge on any atom is -0.481 e. The van der Waals surface area contributed by atoms with E-state index >= 15 is 0 Å². The summed E-state index contributed by atoms with van der Waals surface area (Å²) in [6.45, 7) is 13.9. The van der Waals surface area contributed by atoms with Crippen LogP contribution in [0.15, 0.2) is 18.2 Å². The van der Waals surface area contributed by atoms with Gasteiger partial charge in [0.25, 0.3) is 0 Å². The Bertz CT molecular complexity index is 489. The molecule has 1 aromatic carbocycles. The largest absolute Gasteiger partial charge is 0.481 e. The fourth-order valence-corrected chi connectivity index (χ4v) is 2.73. The van der Waals surface area contributed by atoms with Crippen molar-refractivity contribution in [2.75, 3.05) is 5.75 Å². The van der Waals surface area contributed by atoms with Gasteiger partial charge < -0.3 is 5.11 Å². The molecule has 0 fully saturated rings. The van der Waals surface area contributed by atoms with E-state index in [1.807, 2.05) is 0 Å². The third kappa shape index (κ3) is 3.78. The molecule has 1 atom stereocenters. The highest BCUT2D eigenvalue weighted by molar-refractivity contribution is 7.81. The standard InChI is InChI=1S/C15H22.C2H4O2S/c1-14(2,3)12-8-7-10-9-11(12)13(10)15(4,5)6;3-2(4)1-5/h7-9,13H,1-6H3;5H,1H2,(H,3,4). The predicted octanol–water partition coefficient (Wildman–Crippen LogP) is 4.48. The molecule has 2 aliphatic rings. The van der Waals surface area contributed by atoms with E-state index in [2.05, 4.69) is 72.4 Å². The Hall–Kier alpha value is -0.960. The van der Waals surface area contributed by atoms with E-state index in [4.69, 9.17) is 5.11 Å². The molecule has 1 N–H and O–H groups in total. The van der Waals surface area contributed by atoms with Crippen LogP contribution in [0.3, 0.4) is 0 Å². The van der Waals surface area contributed by atoms with Gasteiger partial charge in [-0.3, -0.25) is 4.79 Å². The highest BCUT2D eigenvalue weighted by Crippen LogP contribution is 2.50. The third-order valence-corrected chi connectivity index (χ3v) is 3.80. The number of hydrogen-bond acceptors (Lipinski definition) is 2. The van der Waals surface area contributed by atoms with Crippen molar-refractivity contribution in [2.45, 2.75) is 52.9 Å². The number of carboxylic acid groups (broad SMARTS) is 1. The molecule has 3 rings (SSSR count). The lowest BCUT2D eigenvalue weighted by Crippen LogP contribution is -2.30. The topological polar surface area (TPSA) is 37.3 Å². The molecule has 0 heterocycles. The maximum absolute atomic E-state index is 9.29. The van der Waals surface area contributed by atoms with Crippen molar-refractivity contribution in [1.29, 1.82) is 0 Å². The van der Waals surface area contributed by atoms with Crippen LogP contribution in [-0.4, -0.2) is 16.8 Å². The van der Waals surface area contributed by atoms with Crippen molar-refractivity contribution < 1.29 is 9.90 Å². The van der Waals surface area contributed by atoms with E-state index in [1.54, 1.807) is 5.56 Å². The number of thiol groups is 1. The molecular formula is C17H26O2S. The molecule has 1 aromatic rings. The van der Waals surface area contributed by atoms with Crippen LogP contribution < -0.4 is 0 Å². The molecule has 0 aliphatic heterocycles. The van der Waals surface area contributed by atoms with Crippen LogP contribution in [0.25, 0.3) is 0 Å². The van der Waals surface area contributed by atoms with Crippen LogP contribution >= 0.6 is 12.6 Å². The van der Waals surface area contributed by atoms with Gasteiger partial charge >= 0.3 is 5.97 Å². The second-order valence-corrected chi connectivity index (χ2v) is 7.76. The van der Waals surface area contributed by atoms with Gasteiger partial charge in [-0.15, -0.1) is 0 Å². The van der Waals surface area contributed by atoms with Gasteiger partial charge in [-0.1, -0.05) is 59.7 Å². The first-order valence-electron chi connectivity index (χ1n) is 6.95. The Labute approximate surface area is 128 Å². The van der Waals surface area contributed by atoms with Crippen LogP contribution in [0.5, 0.6) is 0 Å². The Balaban J connectivity index is 0.000000347. The van der Waals surface area contributed by atoms with Crippen LogP contribution in [0.1, 0.15) is 64.2 Å². The summed E-state index contributed by atoms with van der Waals surface area (Å²) in [7, 11) is 0. The van der Waals surface area contributed by atoms with Crippen molar-refractivity contribution in [3.63, 3.8) is 0 Å². The molecule has 20 heavy (non-hydrogen) atoms. The highest BCUT2D eigenvalue weighted by Gasteiger charge is 2.38. The van der Waals surface area contributed by atoms with Gasteiger partial charge in [0, 0.05) is 5.92 Å². The van der Waals surface area contributed by atoms with Crippen LogP contribution in [0.2, 0.25) is 0 Å². The summed E-state index contributed by atoms with van der Waals surface area (Å²) >= 11 is 3.42. The van der Waals surface area contributed by atoms with Crippen LogP contribution in [-0.2, 0) is 10.2 Å². The fraction of sp³-hybridized carbons (Fsp3) is 0.588. The summed E-state index contributed by atoms with van der Waals surface area (Å²) in [5.41, 5.74) is 5.26. The quantitative estimate of drug-likeness (QED) is 0.750. The van der Waals surface area contributed by atoms with Gasteiger partial charge in [0.15, 0.2) is 0 Å². The van der Waals surface area contributed by atoms with Gasteiger partial charge in [-0.25, -0.2) is 0 Å². The fourth-order valence-electron chi connectivity index (χ4n) is 2.73. The molecule has 2 nitrogen and oxygen atoms in total. The minimum atomic E-state index is -0.881. The molecule has 112 valence electrons. The molecule has 0 spiro atoms. The van der Waals surface area contributed by atoms with Gasteiger partial charge in [-0.05, 0) is 27.5 Å². The van der Waals surface area contributed by atoms with Gasteiger partial charge in [0.2, 0.25) is 0 Å². The first-order valence-corrected chi connectivity index (χ1v) is 7.58. The molecular weight excluding hydrogens is 268 g/mol. The number of fused-ring (bicyclic) bond motifs is 2. The average molecular weight is 294 g/mol. The first-order chi connectivity index (χ1) is 8.98. The van der Waals surface area contributed by atoms with E-state index in [0.29, 0.717) is 11.3 Å². The molecule has 3 heteroatoms. The van der Waals surface area contributed by atoms with E-state index in [9.17, 15) is 4.79 Å². The average Bonchev–Trinajstić information content (AvgIpc) is 2.26. The smallest absolute Gasteiger partial charge is 0.313 e. The monoisotopic (exact) mass is 294 g/mol. The molecule has 0 amide bonds. The third-order valence-electron chi connectivity index (χ3n) is 3.53. The maximum Gasteiger partial charge on any atom is 0.313 e. The number of benzene rings is 1. The van der Waals surface area contributed by atoms with E-state index in [-0.39, 0.29) is 11.2 Å². The van der Waals surface area contributed by atoms with Crippen molar-refractivity contribution in [3.8, 4) is 0 Å². The van der Waals surface area contributed by atoms with Crippen molar-refractivity contribution >= 4 is 18.6 Å². The molecule has 0 aromatic heterocycles. The zero-order valence-corrected chi connectivity index (χ0v) is 14.2. The first kappa shape index (κ1) is 17.1. The lowest BCUT2D eigenvalue weighted by atomic mass is 9.62.